The predicted molar refractivity (Wildman–Crippen MR) is 74.4 cm³/mol. The molecule has 0 saturated carbocycles. The van der Waals surface area contributed by atoms with E-state index in [4.69, 9.17) is 9.15 Å². The SMILES string of the molecule is CC(=O)Oc1cc2oc(=O)ccc2cc1C(Br)Br. The van der Waals surface area contributed by atoms with Crippen LogP contribution in [0, 0.1) is 0 Å². The summed E-state index contributed by atoms with van der Waals surface area (Å²) >= 11 is 6.71. The van der Waals surface area contributed by atoms with Gasteiger partial charge in [-0.1, -0.05) is 31.9 Å². The largest absolute Gasteiger partial charge is 0.426 e. The second-order valence-electron chi connectivity index (χ2n) is 3.58. The average molecular weight is 376 g/mol. The highest BCUT2D eigenvalue weighted by atomic mass is 79.9. The first kappa shape index (κ1) is 13.3. The van der Waals surface area contributed by atoms with Gasteiger partial charge in [0.2, 0.25) is 0 Å². The van der Waals surface area contributed by atoms with Gasteiger partial charge in [0.1, 0.15) is 11.3 Å². The highest BCUT2D eigenvalue weighted by molar-refractivity contribution is 9.24. The first-order valence-electron chi connectivity index (χ1n) is 5.02. The molecule has 0 radical (unpaired) electrons. The van der Waals surface area contributed by atoms with Gasteiger partial charge >= 0.3 is 11.6 Å². The van der Waals surface area contributed by atoms with Gasteiger partial charge in [0, 0.05) is 30.0 Å². The van der Waals surface area contributed by atoms with Crippen LogP contribution in [0.5, 0.6) is 5.75 Å². The van der Waals surface area contributed by atoms with E-state index in [0.29, 0.717) is 11.3 Å². The Hall–Kier alpha value is -1.14. The standard InChI is InChI=1S/C12H8Br2O4/c1-6(15)17-10-5-9-7(2-3-11(16)18-9)4-8(10)12(13)14/h2-5,12H,1H3. The van der Waals surface area contributed by atoms with Crippen molar-refractivity contribution < 1.29 is 13.9 Å². The summed E-state index contributed by atoms with van der Waals surface area (Å²) in [6.45, 7) is 1.31. The van der Waals surface area contributed by atoms with Crippen LogP contribution >= 0.6 is 31.9 Å². The normalized spacial score (nSPS) is 10.9. The van der Waals surface area contributed by atoms with Crippen molar-refractivity contribution in [3.63, 3.8) is 0 Å². The van der Waals surface area contributed by atoms with Crippen LogP contribution in [0.3, 0.4) is 0 Å². The maximum absolute atomic E-state index is 11.1. The number of alkyl halides is 2. The smallest absolute Gasteiger partial charge is 0.336 e. The number of halogens is 2. The Labute approximate surface area is 119 Å². The van der Waals surface area contributed by atoms with E-state index in [9.17, 15) is 9.59 Å². The molecule has 0 aliphatic carbocycles. The van der Waals surface area contributed by atoms with E-state index in [1.54, 1.807) is 12.1 Å². The van der Waals surface area contributed by atoms with Gasteiger partial charge in [-0.05, 0) is 12.1 Å². The lowest BCUT2D eigenvalue weighted by atomic mass is 10.1. The van der Waals surface area contributed by atoms with Gasteiger partial charge in [-0.15, -0.1) is 0 Å². The summed E-state index contributed by atoms with van der Waals surface area (Å²) in [6.07, 6.45) is 0. The van der Waals surface area contributed by atoms with Crippen molar-refractivity contribution in [3.8, 4) is 5.75 Å². The van der Waals surface area contributed by atoms with Crippen molar-refractivity contribution in [1.29, 1.82) is 0 Å². The Morgan fingerprint density at radius 1 is 1.33 bits per heavy atom. The first-order chi connectivity index (χ1) is 8.47. The summed E-state index contributed by atoms with van der Waals surface area (Å²) in [5.41, 5.74) is 0.674. The van der Waals surface area contributed by atoms with E-state index >= 15 is 0 Å². The molecule has 1 heterocycles. The molecule has 4 nitrogen and oxygen atoms in total. The minimum absolute atomic E-state index is 0.171. The summed E-state index contributed by atoms with van der Waals surface area (Å²) < 4.78 is 9.96. The van der Waals surface area contributed by atoms with Crippen LogP contribution in [-0.4, -0.2) is 5.97 Å². The minimum Gasteiger partial charge on any atom is -0.426 e. The Bertz CT molecular complexity index is 661. The van der Waals surface area contributed by atoms with E-state index in [1.807, 2.05) is 0 Å². The van der Waals surface area contributed by atoms with E-state index in [0.717, 1.165) is 10.9 Å². The Balaban J connectivity index is 2.68. The highest BCUT2D eigenvalue weighted by Crippen LogP contribution is 2.38. The molecule has 94 valence electrons. The van der Waals surface area contributed by atoms with Gasteiger partial charge in [-0.25, -0.2) is 4.79 Å². The molecule has 0 spiro atoms. The number of rotatable bonds is 2. The molecule has 0 aliphatic rings. The molecule has 0 atom stereocenters. The lowest BCUT2D eigenvalue weighted by molar-refractivity contribution is -0.131. The minimum atomic E-state index is -0.446. The molecule has 0 unspecified atom stereocenters. The van der Waals surface area contributed by atoms with Gasteiger partial charge in [0.15, 0.2) is 0 Å². The summed E-state index contributed by atoms with van der Waals surface area (Å²) in [5, 5.41) is 0.754. The fraction of sp³-hybridized carbons (Fsp3) is 0.167. The molecule has 0 fully saturated rings. The molecule has 0 amide bonds. The van der Waals surface area contributed by atoms with Crippen molar-refractivity contribution in [3.05, 3.63) is 40.2 Å². The number of carbonyl (C=O) groups is 1. The second kappa shape index (κ2) is 5.24. The molecule has 0 aliphatic heterocycles. The number of ether oxygens (including phenoxy) is 1. The number of hydrogen-bond acceptors (Lipinski definition) is 4. The molecular weight excluding hydrogens is 368 g/mol. The number of benzene rings is 1. The van der Waals surface area contributed by atoms with Gasteiger partial charge in [0.05, 0.1) is 3.74 Å². The van der Waals surface area contributed by atoms with Crippen LogP contribution < -0.4 is 10.4 Å². The third kappa shape index (κ3) is 2.81. The van der Waals surface area contributed by atoms with Crippen molar-refractivity contribution in [1.82, 2.24) is 0 Å². The number of carbonyl (C=O) groups excluding carboxylic acids is 1. The van der Waals surface area contributed by atoms with Crippen LogP contribution in [0.25, 0.3) is 11.0 Å². The topological polar surface area (TPSA) is 56.5 Å². The highest BCUT2D eigenvalue weighted by Gasteiger charge is 2.14. The summed E-state index contributed by atoms with van der Waals surface area (Å²) in [5.74, 6) is -0.0855. The molecule has 1 aromatic heterocycles. The van der Waals surface area contributed by atoms with Crippen molar-refractivity contribution >= 4 is 48.8 Å². The fourth-order valence-electron chi connectivity index (χ4n) is 1.53. The van der Waals surface area contributed by atoms with E-state index < -0.39 is 11.6 Å². The molecule has 6 heteroatoms. The molecule has 2 rings (SSSR count). The molecule has 2 aromatic rings. The lowest BCUT2D eigenvalue weighted by Crippen LogP contribution is -2.04. The quantitative estimate of drug-likeness (QED) is 0.349. The van der Waals surface area contributed by atoms with Crippen molar-refractivity contribution in [2.75, 3.05) is 0 Å². The summed E-state index contributed by atoms with van der Waals surface area (Å²) in [4.78, 5) is 22.2. The Morgan fingerprint density at radius 3 is 2.67 bits per heavy atom. The zero-order chi connectivity index (χ0) is 13.3. The summed E-state index contributed by atoms with van der Waals surface area (Å²) in [6, 6.07) is 6.31. The van der Waals surface area contributed by atoms with Crippen LogP contribution in [0.4, 0.5) is 0 Å². The molecule has 18 heavy (non-hydrogen) atoms. The number of esters is 1. The predicted octanol–water partition coefficient (Wildman–Crippen LogP) is 3.51. The molecule has 0 N–H and O–H groups in total. The third-order valence-electron chi connectivity index (χ3n) is 2.24. The maximum atomic E-state index is 11.1. The second-order valence-corrected chi connectivity index (χ2v) is 6.64. The number of hydrogen-bond donors (Lipinski definition) is 0. The van der Waals surface area contributed by atoms with E-state index in [2.05, 4.69) is 31.9 Å². The van der Waals surface area contributed by atoms with Gasteiger partial charge < -0.3 is 9.15 Å². The Kier molecular flexibility index (Phi) is 3.87. The van der Waals surface area contributed by atoms with Crippen molar-refractivity contribution in [2.45, 2.75) is 10.7 Å². The van der Waals surface area contributed by atoms with Crippen LogP contribution in [0.2, 0.25) is 0 Å². The van der Waals surface area contributed by atoms with Gasteiger partial charge in [-0.2, -0.15) is 0 Å². The van der Waals surface area contributed by atoms with Gasteiger partial charge in [-0.3, -0.25) is 4.79 Å². The van der Waals surface area contributed by atoms with Gasteiger partial charge in [0.25, 0.3) is 0 Å². The van der Waals surface area contributed by atoms with Crippen LogP contribution in [0.1, 0.15) is 16.2 Å². The van der Waals surface area contributed by atoms with Crippen LogP contribution in [0.15, 0.2) is 33.5 Å². The first-order valence-corrected chi connectivity index (χ1v) is 6.85. The van der Waals surface area contributed by atoms with Crippen molar-refractivity contribution in [2.24, 2.45) is 0 Å². The van der Waals surface area contributed by atoms with Crippen LogP contribution in [-0.2, 0) is 4.79 Å². The summed E-state index contributed by atoms with van der Waals surface area (Å²) in [7, 11) is 0. The third-order valence-corrected chi connectivity index (χ3v) is 3.23. The fourth-order valence-corrected chi connectivity index (χ4v) is 2.24. The zero-order valence-corrected chi connectivity index (χ0v) is 12.4. The molecule has 1 aromatic carbocycles. The molecule has 0 bridgehead atoms. The maximum Gasteiger partial charge on any atom is 0.336 e. The zero-order valence-electron chi connectivity index (χ0n) is 9.28. The Morgan fingerprint density at radius 2 is 2.06 bits per heavy atom. The molecule has 0 saturated heterocycles. The van der Waals surface area contributed by atoms with E-state index in [1.165, 1.54) is 19.1 Å². The number of fused-ring (bicyclic) bond motifs is 1. The lowest BCUT2D eigenvalue weighted by Gasteiger charge is -2.10. The monoisotopic (exact) mass is 374 g/mol. The molecular formula is C12H8Br2O4. The average Bonchev–Trinajstić information content (AvgIpc) is 2.26. The van der Waals surface area contributed by atoms with E-state index in [-0.39, 0.29) is 3.74 Å².